The Labute approximate surface area is 152 Å². The highest BCUT2D eigenvalue weighted by molar-refractivity contribution is 5.76. The average molecular weight is 358 g/mol. The minimum Gasteiger partial charge on any atom is -0.346 e. The topological polar surface area (TPSA) is 106 Å². The van der Waals surface area contributed by atoms with E-state index in [1.807, 2.05) is 13.8 Å². The van der Waals surface area contributed by atoms with Gasteiger partial charge in [-0.05, 0) is 45.6 Å². The zero-order valence-electron chi connectivity index (χ0n) is 15.6. The highest BCUT2D eigenvalue weighted by Crippen LogP contribution is 2.31. The third-order valence-corrected chi connectivity index (χ3v) is 5.14. The molecule has 0 spiro atoms. The van der Waals surface area contributed by atoms with Crippen molar-refractivity contribution in [1.29, 1.82) is 0 Å². The Hall–Kier alpha value is -2.51. The normalized spacial score (nSPS) is 16.0. The molecule has 8 heteroatoms. The predicted octanol–water partition coefficient (Wildman–Crippen LogP) is 1.90. The molecule has 3 rings (SSSR count). The Kier molecular flexibility index (Phi) is 5.49. The van der Waals surface area contributed by atoms with Crippen LogP contribution in [0.4, 0.5) is 0 Å². The van der Waals surface area contributed by atoms with E-state index in [4.69, 9.17) is 0 Å². The number of hydrogen-bond donors (Lipinski definition) is 2. The van der Waals surface area contributed by atoms with E-state index in [2.05, 4.69) is 30.0 Å². The molecule has 2 N–H and O–H groups in total. The van der Waals surface area contributed by atoms with Crippen LogP contribution >= 0.6 is 0 Å². The Bertz CT molecular complexity index is 808. The number of nitrogens with zero attached hydrogens (tertiary/aromatic N) is 4. The van der Waals surface area contributed by atoms with Crippen LogP contribution in [0.25, 0.3) is 0 Å². The molecule has 2 aromatic heterocycles. The van der Waals surface area contributed by atoms with Crippen molar-refractivity contribution in [3.63, 3.8) is 0 Å². The van der Waals surface area contributed by atoms with Crippen molar-refractivity contribution >= 4 is 5.91 Å². The first-order valence-electron chi connectivity index (χ1n) is 9.21. The Morgan fingerprint density at radius 2 is 2.12 bits per heavy atom. The van der Waals surface area contributed by atoms with Gasteiger partial charge in [-0.2, -0.15) is 4.98 Å². The first-order chi connectivity index (χ1) is 12.5. The van der Waals surface area contributed by atoms with E-state index >= 15 is 0 Å². The summed E-state index contributed by atoms with van der Waals surface area (Å²) in [5.74, 6) is 0.756. The van der Waals surface area contributed by atoms with Gasteiger partial charge in [0, 0.05) is 23.9 Å². The highest BCUT2D eigenvalue weighted by Gasteiger charge is 2.23. The number of H-pyrrole nitrogens is 1. The van der Waals surface area contributed by atoms with Crippen molar-refractivity contribution in [2.24, 2.45) is 0 Å². The molecule has 1 atom stereocenters. The van der Waals surface area contributed by atoms with Crippen molar-refractivity contribution < 1.29 is 4.79 Å². The maximum atomic E-state index is 12.4. The quantitative estimate of drug-likeness (QED) is 0.820. The van der Waals surface area contributed by atoms with Gasteiger partial charge in [-0.25, -0.2) is 4.79 Å². The number of amides is 1. The van der Waals surface area contributed by atoms with Gasteiger partial charge in [-0.1, -0.05) is 12.8 Å². The lowest BCUT2D eigenvalue weighted by Gasteiger charge is -2.19. The average Bonchev–Trinajstić information content (AvgIpc) is 3.24. The molecule has 140 valence electrons. The fourth-order valence-electron chi connectivity index (χ4n) is 3.77. The molecular weight excluding hydrogens is 332 g/mol. The van der Waals surface area contributed by atoms with Crippen LogP contribution in [0.3, 0.4) is 0 Å². The van der Waals surface area contributed by atoms with Gasteiger partial charge in [0.2, 0.25) is 5.91 Å². The number of nitrogens with one attached hydrogen (secondary N) is 2. The SMILES string of the molecule is Cc1nc(=O)[nH]c(C)c1CCC(=O)N[C@H](C)c1nncn1C1CCCC1. The second kappa shape index (κ2) is 7.80. The van der Waals surface area contributed by atoms with E-state index in [1.54, 1.807) is 13.3 Å². The molecule has 2 heterocycles. The Morgan fingerprint density at radius 1 is 1.38 bits per heavy atom. The third-order valence-electron chi connectivity index (χ3n) is 5.14. The minimum absolute atomic E-state index is 0.0523. The van der Waals surface area contributed by atoms with Gasteiger partial charge in [0.1, 0.15) is 6.33 Å². The summed E-state index contributed by atoms with van der Waals surface area (Å²) in [5, 5.41) is 11.3. The van der Waals surface area contributed by atoms with E-state index in [9.17, 15) is 9.59 Å². The fraction of sp³-hybridized carbons (Fsp3) is 0.611. The summed E-state index contributed by atoms with van der Waals surface area (Å²) in [5.41, 5.74) is 2.01. The molecular formula is C18H26N6O2. The van der Waals surface area contributed by atoms with Gasteiger partial charge in [0.15, 0.2) is 5.82 Å². The molecule has 0 bridgehead atoms. The summed E-state index contributed by atoms with van der Waals surface area (Å²) in [7, 11) is 0. The van der Waals surface area contributed by atoms with Crippen LogP contribution in [0, 0.1) is 13.8 Å². The predicted molar refractivity (Wildman–Crippen MR) is 96.7 cm³/mol. The molecule has 1 aliphatic rings. The fourth-order valence-corrected chi connectivity index (χ4v) is 3.77. The van der Waals surface area contributed by atoms with Gasteiger partial charge in [0.25, 0.3) is 0 Å². The number of hydrogen-bond acceptors (Lipinski definition) is 5. The number of aromatic amines is 1. The third kappa shape index (κ3) is 4.00. The van der Waals surface area contributed by atoms with E-state index in [1.165, 1.54) is 12.8 Å². The number of carbonyl (C=O) groups excluding carboxylic acids is 1. The molecule has 0 saturated heterocycles. The highest BCUT2D eigenvalue weighted by atomic mass is 16.1. The molecule has 8 nitrogen and oxygen atoms in total. The summed E-state index contributed by atoms with van der Waals surface area (Å²) in [4.78, 5) is 30.3. The van der Waals surface area contributed by atoms with Crippen LogP contribution in [-0.2, 0) is 11.2 Å². The van der Waals surface area contributed by atoms with Crippen LogP contribution < -0.4 is 11.0 Å². The van der Waals surface area contributed by atoms with Crippen LogP contribution in [0.1, 0.15) is 73.9 Å². The van der Waals surface area contributed by atoms with Crippen molar-refractivity contribution in [1.82, 2.24) is 30.0 Å². The van der Waals surface area contributed by atoms with E-state index in [0.717, 1.165) is 29.9 Å². The van der Waals surface area contributed by atoms with Crippen LogP contribution in [-0.4, -0.2) is 30.6 Å². The lowest BCUT2D eigenvalue weighted by molar-refractivity contribution is -0.121. The summed E-state index contributed by atoms with van der Waals surface area (Å²) >= 11 is 0. The van der Waals surface area contributed by atoms with Gasteiger partial charge >= 0.3 is 5.69 Å². The van der Waals surface area contributed by atoms with Gasteiger partial charge in [-0.3, -0.25) is 4.79 Å². The Balaban J connectivity index is 1.60. The summed E-state index contributed by atoms with van der Waals surface area (Å²) in [6.07, 6.45) is 7.39. The molecule has 0 radical (unpaired) electrons. The van der Waals surface area contributed by atoms with E-state index < -0.39 is 0 Å². The van der Waals surface area contributed by atoms with Gasteiger partial charge in [-0.15, -0.1) is 10.2 Å². The van der Waals surface area contributed by atoms with Crippen LogP contribution in [0.15, 0.2) is 11.1 Å². The maximum Gasteiger partial charge on any atom is 0.345 e. The Morgan fingerprint density at radius 3 is 2.81 bits per heavy atom. The molecule has 26 heavy (non-hydrogen) atoms. The minimum atomic E-state index is -0.354. The first kappa shape index (κ1) is 18.3. The van der Waals surface area contributed by atoms with Crippen molar-refractivity contribution in [2.75, 3.05) is 0 Å². The number of rotatable bonds is 6. The molecule has 0 aromatic carbocycles. The molecule has 1 aliphatic carbocycles. The summed E-state index contributed by atoms with van der Waals surface area (Å²) in [6.45, 7) is 5.56. The number of aromatic nitrogens is 5. The second-order valence-electron chi connectivity index (χ2n) is 7.05. The van der Waals surface area contributed by atoms with E-state index in [0.29, 0.717) is 24.6 Å². The molecule has 1 saturated carbocycles. The molecule has 1 fully saturated rings. The molecule has 0 aliphatic heterocycles. The zero-order chi connectivity index (χ0) is 18.7. The standard InChI is InChI=1S/C18H26N6O2/c1-11-15(12(2)22-18(26)21-11)8-9-16(25)20-13(3)17-23-19-10-24(17)14-6-4-5-7-14/h10,13-14H,4-9H2,1-3H3,(H,20,25)(H,21,22,26)/t13-/m1/s1. The number of aryl methyl sites for hydroxylation is 2. The lowest BCUT2D eigenvalue weighted by atomic mass is 10.1. The van der Waals surface area contributed by atoms with Gasteiger partial charge < -0.3 is 14.9 Å². The summed E-state index contributed by atoms with van der Waals surface area (Å²) < 4.78 is 2.11. The lowest BCUT2D eigenvalue weighted by Crippen LogP contribution is -2.29. The zero-order valence-corrected chi connectivity index (χ0v) is 15.6. The van der Waals surface area contributed by atoms with E-state index in [-0.39, 0.29) is 17.6 Å². The summed E-state index contributed by atoms with van der Waals surface area (Å²) in [6, 6.07) is 0.248. The molecule has 0 unspecified atom stereocenters. The van der Waals surface area contributed by atoms with Crippen LogP contribution in [0.5, 0.6) is 0 Å². The smallest absolute Gasteiger partial charge is 0.345 e. The van der Waals surface area contributed by atoms with Crippen molar-refractivity contribution in [2.45, 2.75) is 71.4 Å². The molecule has 2 aromatic rings. The number of carbonyl (C=O) groups is 1. The maximum absolute atomic E-state index is 12.4. The monoisotopic (exact) mass is 358 g/mol. The first-order valence-corrected chi connectivity index (χ1v) is 9.21. The van der Waals surface area contributed by atoms with Crippen LogP contribution in [0.2, 0.25) is 0 Å². The van der Waals surface area contributed by atoms with Gasteiger partial charge in [0.05, 0.1) is 6.04 Å². The van der Waals surface area contributed by atoms with Crippen molar-refractivity contribution in [3.8, 4) is 0 Å². The largest absolute Gasteiger partial charge is 0.346 e. The van der Waals surface area contributed by atoms with Crippen molar-refractivity contribution in [3.05, 3.63) is 39.6 Å². The molecule has 1 amide bonds. The second-order valence-corrected chi connectivity index (χ2v) is 7.05.